The maximum absolute atomic E-state index is 13.4. The fourth-order valence-electron chi connectivity index (χ4n) is 5.83. The lowest BCUT2D eigenvalue weighted by molar-refractivity contribution is -0.0813. The van der Waals surface area contributed by atoms with Crippen LogP contribution < -0.4 is 14.8 Å². The summed E-state index contributed by atoms with van der Waals surface area (Å²) >= 11 is 6.43. The lowest BCUT2D eigenvalue weighted by Gasteiger charge is -2.43. The van der Waals surface area contributed by atoms with E-state index in [1.54, 1.807) is 23.1 Å². The lowest BCUT2D eigenvalue weighted by Crippen LogP contribution is -2.54. The number of anilines is 2. The van der Waals surface area contributed by atoms with Gasteiger partial charge in [-0.2, -0.15) is 0 Å². The maximum Gasteiger partial charge on any atom is 0.257 e. The number of alkyl halides is 1. The van der Waals surface area contributed by atoms with Gasteiger partial charge in [0.25, 0.3) is 5.88 Å². The van der Waals surface area contributed by atoms with E-state index in [1.165, 1.54) is 6.33 Å². The molecule has 44 heavy (non-hydrogen) atoms. The third-order valence-electron chi connectivity index (χ3n) is 8.33. The highest BCUT2D eigenvalue weighted by molar-refractivity contribution is 6.32. The number of rotatable bonds is 11. The molecule has 3 fully saturated rings. The van der Waals surface area contributed by atoms with Crippen molar-refractivity contribution >= 4 is 23.2 Å². The Hall–Kier alpha value is -3.88. The standard InChI is InChI=1S/C29H34ClFN10O3/c1-18(11-40-17-34-37-38-40)43-27-8-19(2-7-25(27)30)20-9-32-29(33-10-20)35-26-14-41(36-28(26)44-24-15-42-16-24)23-5-3-22(4-6-23)39-12-21(31)13-39/h2,7-10,14,17-18,21-24H,3-6,11-13,15-16H2,1H3,(H,32,33,35)/t18-,22?,23?/m0/s1. The lowest BCUT2D eigenvalue weighted by atomic mass is 9.88. The van der Waals surface area contributed by atoms with Crippen LogP contribution in [0.2, 0.25) is 5.02 Å². The zero-order chi connectivity index (χ0) is 30.0. The summed E-state index contributed by atoms with van der Waals surface area (Å²) in [7, 11) is 0. The minimum absolute atomic E-state index is 0.0325. The van der Waals surface area contributed by atoms with Gasteiger partial charge in [-0.05, 0) is 60.7 Å². The smallest absolute Gasteiger partial charge is 0.257 e. The molecule has 15 heteroatoms. The van der Waals surface area contributed by atoms with Gasteiger partial charge < -0.3 is 19.5 Å². The van der Waals surface area contributed by atoms with Gasteiger partial charge in [-0.25, -0.2) is 19.0 Å². The molecule has 3 aromatic heterocycles. The number of nitrogens with zero attached hydrogens (tertiary/aromatic N) is 9. The van der Waals surface area contributed by atoms with Crippen LogP contribution in [0.15, 0.2) is 43.1 Å². The number of ether oxygens (including phenoxy) is 3. The first-order chi connectivity index (χ1) is 21.5. The van der Waals surface area contributed by atoms with Crippen LogP contribution >= 0.6 is 11.6 Å². The van der Waals surface area contributed by atoms with E-state index in [1.807, 2.05) is 29.9 Å². The average molecular weight is 625 g/mol. The van der Waals surface area contributed by atoms with Crippen LogP contribution in [0.5, 0.6) is 11.6 Å². The highest BCUT2D eigenvalue weighted by atomic mass is 35.5. The van der Waals surface area contributed by atoms with Crippen molar-refractivity contribution in [3.05, 3.63) is 48.1 Å². The number of hydrogen-bond acceptors (Lipinski definition) is 11. The molecule has 1 atom stereocenters. The Morgan fingerprint density at radius 2 is 1.86 bits per heavy atom. The zero-order valence-corrected chi connectivity index (χ0v) is 25.1. The summed E-state index contributed by atoms with van der Waals surface area (Å²) < 4.78 is 34.5. The SMILES string of the molecule is C[C@@H](Cn1cnnn1)Oc1cc(-c2cnc(Nc3cn(C4CCC(N5CC(F)C5)CC4)nc3OC3COC3)nc2)ccc1Cl. The third kappa shape index (κ3) is 6.47. The average Bonchev–Trinajstić information content (AvgIpc) is 3.65. The number of tetrazole rings is 1. The first-order valence-corrected chi connectivity index (χ1v) is 15.3. The van der Waals surface area contributed by atoms with E-state index >= 15 is 0 Å². The number of benzene rings is 1. The molecule has 5 heterocycles. The Morgan fingerprint density at radius 3 is 2.55 bits per heavy atom. The van der Waals surface area contributed by atoms with Crippen molar-refractivity contribution < 1.29 is 18.6 Å². The van der Waals surface area contributed by atoms with Gasteiger partial charge in [-0.1, -0.05) is 17.7 Å². The Kier molecular flexibility index (Phi) is 8.28. The Morgan fingerprint density at radius 1 is 1.09 bits per heavy atom. The van der Waals surface area contributed by atoms with Crippen molar-refractivity contribution in [3.63, 3.8) is 0 Å². The van der Waals surface area contributed by atoms with E-state index in [0.29, 0.717) is 67.2 Å². The maximum atomic E-state index is 13.4. The van der Waals surface area contributed by atoms with E-state index in [4.69, 9.17) is 30.9 Å². The molecule has 1 saturated carbocycles. The molecule has 1 aromatic carbocycles. The molecular formula is C29H34ClFN10O3. The second-order valence-electron chi connectivity index (χ2n) is 11.6. The van der Waals surface area contributed by atoms with Crippen molar-refractivity contribution in [1.29, 1.82) is 0 Å². The van der Waals surface area contributed by atoms with Gasteiger partial charge in [-0.3, -0.25) is 9.58 Å². The largest absolute Gasteiger partial charge is 0.487 e. The molecular weight excluding hydrogens is 591 g/mol. The molecule has 13 nitrogen and oxygen atoms in total. The fraction of sp³-hybridized carbons (Fsp3) is 0.517. The van der Waals surface area contributed by atoms with Crippen LogP contribution in [0.25, 0.3) is 11.1 Å². The zero-order valence-electron chi connectivity index (χ0n) is 24.3. The summed E-state index contributed by atoms with van der Waals surface area (Å²) in [4.78, 5) is 11.4. The molecule has 0 unspecified atom stereocenters. The van der Waals surface area contributed by atoms with Crippen LogP contribution in [0, 0.1) is 0 Å². The molecule has 2 aliphatic heterocycles. The molecule has 4 aromatic rings. The number of nitrogens with one attached hydrogen (secondary N) is 1. The fourth-order valence-corrected chi connectivity index (χ4v) is 6.00. The summed E-state index contributed by atoms with van der Waals surface area (Å²) in [6.45, 7) is 4.62. The predicted octanol–water partition coefficient (Wildman–Crippen LogP) is 4.11. The molecule has 3 aliphatic rings. The molecule has 7 rings (SSSR count). The van der Waals surface area contributed by atoms with Gasteiger partial charge in [0.2, 0.25) is 5.95 Å². The minimum Gasteiger partial charge on any atom is -0.487 e. The molecule has 0 spiro atoms. The summed E-state index contributed by atoms with van der Waals surface area (Å²) in [5.74, 6) is 1.48. The molecule has 1 N–H and O–H groups in total. The van der Waals surface area contributed by atoms with Crippen LogP contribution in [0.1, 0.15) is 38.6 Å². The highest BCUT2D eigenvalue weighted by Crippen LogP contribution is 2.37. The van der Waals surface area contributed by atoms with Crippen LogP contribution in [-0.4, -0.2) is 95.6 Å². The summed E-state index contributed by atoms with van der Waals surface area (Å²) in [5.41, 5.74) is 2.37. The van der Waals surface area contributed by atoms with Gasteiger partial charge >= 0.3 is 0 Å². The summed E-state index contributed by atoms with van der Waals surface area (Å²) in [6, 6.07) is 6.28. The second kappa shape index (κ2) is 12.6. The summed E-state index contributed by atoms with van der Waals surface area (Å²) in [5, 5.41) is 19.8. The van der Waals surface area contributed by atoms with E-state index < -0.39 is 6.17 Å². The van der Waals surface area contributed by atoms with Crippen molar-refractivity contribution in [2.24, 2.45) is 0 Å². The van der Waals surface area contributed by atoms with Crippen molar-refractivity contribution in [2.75, 3.05) is 31.6 Å². The number of likely N-dealkylation sites (tertiary alicyclic amines) is 1. The number of aromatic nitrogens is 8. The van der Waals surface area contributed by atoms with Crippen molar-refractivity contribution in [1.82, 2.24) is 44.9 Å². The van der Waals surface area contributed by atoms with Gasteiger partial charge in [0.15, 0.2) is 0 Å². The number of hydrogen-bond donors (Lipinski definition) is 1. The van der Waals surface area contributed by atoms with Crippen LogP contribution in [0.3, 0.4) is 0 Å². The third-order valence-corrected chi connectivity index (χ3v) is 8.64. The minimum atomic E-state index is -0.666. The van der Waals surface area contributed by atoms with Crippen molar-refractivity contribution in [3.8, 4) is 22.8 Å². The normalized spacial score (nSPS) is 21.8. The monoisotopic (exact) mass is 624 g/mol. The quantitative estimate of drug-likeness (QED) is 0.259. The van der Waals surface area contributed by atoms with Crippen LogP contribution in [0.4, 0.5) is 16.0 Å². The van der Waals surface area contributed by atoms with Gasteiger partial charge in [0, 0.05) is 37.1 Å². The topological polar surface area (TPSA) is 130 Å². The Bertz CT molecular complexity index is 1540. The second-order valence-corrected chi connectivity index (χ2v) is 12.1. The molecule has 2 saturated heterocycles. The number of halogens is 2. The van der Waals surface area contributed by atoms with Crippen molar-refractivity contribution in [2.45, 2.75) is 69.6 Å². The van der Waals surface area contributed by atoms with Crippen LogP contribution in [-0.2, 0) is 11.3 Å². The predicted molar refractivity (Wildman–Crippen MR) is 159 cm³/mol. The Balaban J connectivity index is 1.02. The van der Waals surface area contributed by atoms with E-state index in [2.05, 4.69) is 35.7 Å². The summed E-state index contributed by atoms with van der Waals surface area (Å²) in [6.07, 6.45) is 10.1. The molecule has 1 aliphatic carbocycles. The molecule has 232 valence electrons. The van der Waals surface area contributed by atoms with E-state index in [0.717, 1.165) is 36.8 Å². The van der Waals surface area contributed by atoms with E-state index in [-0.39, 0.29) is 18.2 Å². The van der Waals surface area contributed by atoms with Gasteiger partial charge in [-0.15, -0.1) is 10.2 Å². The molecule has 0 bridgehead atoms. The first kappa shape index (κ1) is 28.9. The molecule has 0 amide bonds. The van der Waals surface area contributed by atoms with E-state index in [9.17, 15) is 4.39 Å². The van der Waals surface area contributed by atoms with Gasteiger partial charge in [0.05, 0.1) is 37.0 Å². The van der Waals surface area contributed by atoms with Gasteiger partial charge in [0.1, 0.15) is 36.1 Å². The highest BCUT2D eigenvalue weighted by Gasteiger charge is 2.35. The molecule has 0 radical (unpaired) electrons. The first-order valence-electron chi connectivity index (χ1n) is 14.9. The Labute approximate surface area is 258 Å².